The molecule has 0 radical (unpaired) electrons. The van der Waals surface area contributed by atoms with Gasteiger partial charge in [0.05, 0.1) is 18.6 Å². The van der Waals surface area contributed by atoms with Crippen molar-refractivity contribution in [2.75, 3.05) is 32.9 Å². The molecule has 0 bridgehead atoms. The minimum atomic E-state index is -0.160. The Kier molecular flexibility index (Phi) is 9.09. The Labute approximate surface area is 171 Å². The summed E-state index contributed by atoms with van der Waals surface area (Å²) < 4.78 is 9.26. The molecule has 150 valence electrons. The van der Waals surface area contributed by atoms with Crippen molar-refractivity contribution >= 4 is 30.6 Å². The minimum Gasteiger partial charge on any atom is -0.464 e. The van der Waals surface area contributed by atoms with Crippen LogP contribution in [-0.2, 0) is 18.8 Å². The van der Waals surface area contributed by atoms with Crippen LogP contribution in [-0.4, -0.2) is 57.7 Å². The number of carbonyl (C=O) groups excluding carboxylic acids is 1. The van der Waals surface area contributed by atoms with Crippen molar-refractivity contribution < 1.29 is 9.21 Å². The molecule has 0 fully saturated rings. The molecule has 0 aromatic carbocycles. The van der Waals surface area contributed by atoms with Crippen LogP contribution in [0.25, 0.3) is 0 Å². The van der Waals surface area contributed by atoms with Crippen molar-refractivity contribution in [1.29, 1.82) is 0 Å². The van der Waals surface area contributed by atoms with Gasteiger partial charge in [-0.1, -0.05) is 12.8 Å². The molecule has 0 atom stereocenters. The number of thiol groups is 1. The van der Waals surface area contributed by atoms with E-state index < -0.39 is 0 Å². The van der Waals surface area contributed by atoms with Crippen LogP contribution in [0.2, 0.25) is 0 Å². The number of urea groups is 1. The van der Waals surface area contributed by atoms with Crippen molar-refractivity contribution in [1.82, 2.24) is 24.1 Å². The molecule has 2 rings (SSSR count). The lowest BCUT2D eigenvalue weighted by atomic mass is 10.4. The molecule has 9 heteroatoms. The summed E-state index contributed by atoms with van der Waals surface area (Å²) in [5.41, 5.74) is 1.12. The van der Waals surface area contributed by atoms with E-state index >= 15 is 0 Å². The fourth-order valence-electron chi connectivity index (χ4n) is 2.50. The van der Waals surface area contributed by atoms with Gasteiger partial charge in [0.25, 0.3) is 0 Å². The molecule has 0 saturated carbocycles. The van der Waals surface area contributed by atoms with Crippen LogP contribution in [0, 0.1) is 6.92 Å². The van der Waals surface area contributed by atoms with Crippen LogP contribution in [0.3, 0.4) is 0 Å². The van der Waals surface area contributed by atoms with E-state index in [4.69, 9.17) is 4.42 Å². The van der Waals surface area contributed by atoms with E-state index in [1.165, 1.54) is 4.31 Å². The lowest BCUT2D eigenvalue weighted by molar-refractivity contribution is 0.226. The average Bonchev–Trinajstić information content (AvgIpc) is 3.23. The Balaban J connectivity index is 1.54. The van der Waals surface area contributed by atoms with Gasteiger partial charge < -0.3 is 19.2 Å². The molecule has 0 aliphatic heterocycles. The summed E-state index contributed by atoms with van der Waals surface area (Å²) in [4.78, 5) is 18.2. The van der Waals surface area contributed by atoms with Gasteiger partial charge in [-0.15, -0.1) is 0 Å². The number of furan rings is 1. The predicted octanol–water partition coefficient (Wildman–Crippen LogP) is 3.03. The topological polar surface area (TPSA) is 66.5 Å². The van der Waals surface area contributed by atoms with E-state index in [1.54, 1.807) is 18.1 Å². The Morgan fingerprint density at radius 1 is 1.37 bits per heavy atom. The maximum absolute atomic E-state index is 12.0. The SMILES string of the molecule is Cc1cncn1CCCN(S)C(=O)NCCSCc1ccc(CN(C)C)o1. The van der Waals surface area contributed by atoms with Gasteiger partial charge in [0, 0.05) is 37.3 Å². The third-order valence-electron chi connectivity index (χ3n) is 3.88. The first-order chi connectivity index (χ1) is 13.0. The van der Waals surface area contributed by atoms with Gasteiger partial charge in [-0.25, -0.2) is 9.78 Å². The summed E-state index contributed by atoms with van der Waals surface area (Å²) in [6.45, 7) is 4.83. The quantitative estimate of drug-likeness (QED) is 0.439. The highest BCUT2D eigenvalue weighted by atomic mass is 32.2. The van der Waals surface area contributed by atoms with E-state index in [9.17, 15) is 4.79 Å². The van der Waals surface area contributed by atoms with Gasteiger partial charge in [-0.05, 0) is 39.6 Å². The van der Waals surface area contributed by atoms with Crippen molar-refractivity contribution in [3.05, 3.63) is 41.9 Å². The first-order valence-electron chi connectivity index (χ1n) is 8.96. The molecule has 0 aliphatic rings. The van der Waals surface area contributed by atoms with Gasteiger partial charge >= 0.3 is 6.03 Å². The van der Waals surface area contributed by atoms with E-state index in [0.717, 1.165) is 48.2 Å². The molecule has 1 N–H and O–H groups in total. The molecule has 2 heterocycles. The molecule has 0 spiro atoms. The summed E-state index contributed by atoms with van der Waals surface area (Å²) in [5, 5.41) is 2.89. The second-order valence-electron chi connectivity index (χ2n) is 6.60. The first-order valence-corrected chi connectivity index (χ1v) is 10.5. The monoisotopic (exact) mass is 411 g/mol. The van der Waals surface area contributed by atoms with Crippen molar-refractivity contribution in [3.8, 4) is 0 Å². The van der Waals surface area contributed by atoms with Crippen molar-refractivity contribution in [2.24, 2.45) is 0 Å². The first kappa shape index (κ1) is 21.7. The van der Waals surface area contributed by atoms with Crippen LogP contribution in [0.5, 0.6) is 0 Å². The number of carbonyl (C=O) groups is 1. The second-order valence-corrected chi connectivity index (χ2v) is 8.18. The number of aromatic nitrogens is 2. The number of aryl methyl sites for hydroxylation is 2. The predicted molar refractivity (Wildman–Crippen MR) is 113 cm³/mol. The Hall–Kier alpha value is -1.58. The number of nitrogens with zero attached hydrogens (tertiary/aromatic N) is 4. The molecular weight excluding hydrogens is 382 g/mol. The number of hydrogen-bond acceptors (Lipinski definition) is 6. The Bertz CT molecular complexity index is 701. The highest BCUT2D eigenvalue weighted by Crippen LogP contribution is 2.16. The van der Waals surface area contributed by atoms with Crippen LogP contribution in [0.4, 0.5) is 4.79 Å². The zero-order valence-corrected chi connectivity index (χ0v) is 17.9. The third-order valence-corrected chi connectivity index (χ3v) is 5.24. The number of hydrogen-bond donors (Lipinski definition) is 2. The Morgan fingerprint density at radius 3 is 2.85 bits per heavy atom. The number of rotatable bonds is 11. The summed E-state index contributed by atoms with van der Waals surface area (Å²) in [5.74, 6) is 3.57. The number of thioether (sulfide) groups is 1. The average molecular weight is 412 g/mol. The molecule has 0 unspecified atom stereocenters. The molecule has 0 saturated heterocycles. The zero-order valence-electron chi connectivity index (χ0n) is 16.2. The normalized spacial score (nSPS) is 11.1. The smallest absolute Gasteiger partial charge is 0.327 e. The fraction of sp³-hybridized carbons (Fsp3) is 0.556. The lowest BCUT2D eigenvalue weighted by Crippen LogP contribution is -2.36. The third kappa shape index (κ3) is 7.90. The zero-order chi connectivity index (χ0) is 19.6. The summed E-state index contributed by atoms with van der Waals surface area (Å²) in [6, 6.07) is 3.87. The van der Waals surface area contributed by atoms with Gasteiger partial charge in [-0.2, -0.15) is 11.8 Å². The van der Waals surface area contributed by atoms with Crippen LogP contribution in [0.1, 0.15) is 23.6 Å². The fourth-order valence-corrected chi connectivity index (χ4v) is 3.46. The molecule has 0 aliphatic carbocycles. The minimum absolute atomic E-state index is 0.160. The van der Waals surface area contributed by atoms with Crippen molar-refractivity contribution in [3.63, 3.8) is 0 Å². The van der Waals surface area contributed by atoms with Gasteiger partial charge in [0.15, 0.2) is 0 Å². The lowest BCUT2D eigenvalue weighted by Gasteiger charge is -2.16. The molecule has 2 aromatic heterocycles. The van der Waals surface area contributed by atoms with Gasteiger partial charge in [-0.3, -0.25) is 4.31 Å². The summed E-state index contributed by atoms with van der Waals surface area (Å²) in [7, 11) is 4.03. The molecule has 2 amide bonds. The van der Waals surface area contributed by atoms with E-state index in [0.29, 0.717) is 13.1 Å². The maximum Gasteiger partial charge on any atom is 0.327 e. The molecule has 2 aromatic rings. The maximum atomic E-state index is 12.0. The van der Waals surface area contributed by atoms with Crippen LogP contribution < -0.4 is 5.32 Å². The molecule has 27 heavy (non-hydrogen) atoms. The second kappa shape index (κ2) is 11.3. The largest absolute Gasteiger partial charge is 0.464 e. The van der Waals surface area contributed by atoms with E-state index in [-0.39, 0.29) is 6.03 Å². The number of amides is 2. The van der Waals surface area contributed by atoms with Crippen molar-refractivity contribution in [2.45, 2.75) is 32.2 Å². The standard InChI is InChI=1S/C18H29N5O2S2/c1-15-11-19-14-22(15)8-4-9-23(26)18(24)20-7-10-27-13-17-6-5-16(25-17)12-21(2)3/h5-6,11,14,26H,4,7-10,12-13H2,1-3H3,(H,20,24). The van der Waals surface area contributed by atoms with E-state index in [2.05, 4.69) is 32.6 Å². The van der Waals surface area contributed by atoms with Gasteiger partial charge in [0.1, 0.15) is 11.5 Å². The van der Waals surface area contributed by atoms with Gasteiger partial charge in [0.2, 0.25) is 0 Å². The number of imidazole rings is 1. The molecular formula is C18H29N5O2S2. The number of nitrogens with one attached hydrogen (secondary N) is 1. The van der Waals surface area contributed by atoms with Crippen LogP contribution >= 0.6 is 24.6 Å². The molecule has 7 nitrogen and oxygen atoms in total. The van der Waals surface area contributed by atoms with Crippen LogP contribution in [0.15, 0.2) is 29.1 Å². The highest BCUT2D eigenvalue weighted by molar-refractivity contribution is 7.98. The summed E-state index contributed by atoms with van der Waals surface area (Å²) >= 11 is 6.00. The highest BCUT2D eigenvalue weighted by Gasteiger charge is 2.09. The summed E-state index contributed by atoms with van der Waals surface area (Å²) in [6.07, 6.45) is 4.46. The Morgan fingerprint density at radius 2 is 2.15 bits per heavy atom. The van der Waals surface area contributed by atoms with E-state index in [1.807, 2.05) is 39.3 Å².